The minimum absolute atomic E-state index is 0.00912. The number of anilines is 2. The van der Waals surface area contributed by atoms with Gasteiger partial charge in [-0.3, -0.25) is 9.10 Å². The Morgan fingerprint density at radius 2 is 1.89 bits per heavy atom. The highest BCUT2D eigenvalue weighted by Gasteiger charge is 2.43. The van der Waals surface area contributed by atoms with Gasteiger partial charge in [0, 0.05) is 18.2 Å². The fourth-order valence-electron chi connectivity index (χ4n) is 3.86. The van der Waals surface area contributed by atoms with Gasteiger partial charge in [-0.1, -0.05) is 30.3 Å². The molecule has 1 N–H and O–H groups in total. The molecule has 5 nitrogen and oxygen atoms in total. The maximum absolute atomic E-state index is 12.5. The highest BCUT2D eigenvalue weighted by Crippen LogP contribution is 2.48. The van der Waals surface area contributed by atoms with E-state index in [0.717, 1.165) is 30.5 Å². The maximum atomic E-state index is 12.5. The van der Waals surface area contributed by atoms with Gasteiger partial charge in [0.2, 0.25) is 15.9 Å². The number of sulfonamides is 1. The fourth-order valence-corrected chi connectivity index (χ4v) is 5.56. The van der Waals surface area contributed by atoms with Gasteiger partial charge in [-0.25, -0.2) is 8.42 Å². The normalized spacial score (nSPS) is 23.7. The van der Waals surface area contributed by atoms with Crippen molar-refractivity contribution in [1.29, 1.82) is 0 Å². The molecule has 0 bridgehead atoms. The molecule has 1 aliphatic heterocycles. The van der Waals surface area contributed by atoms with Crippen molar-refractivity contribution in [3.63, 3.8) is 0 Å². The Kier molecular flexibility index (Phi) is 4.68. The van der Waals surface area contributed by atoms with Crippen LogP contribution in [0.1, 0.15) is 36.3 Å². The number of amides is 1. The van der Waals surface area contributed by atoms with Crippen LogP contribution < -0.4 is 9.62 Å². The lowest BCUT2D eigenvalue weighted by atomic mass is 10.1. The summed E-state index contributed by atoms with van der Waals surface area (Å²) in [5.41, 5.74) is 3.49. The molecule has 0 radical (unpaired) electrons. The molecule has 0 aromatic heterocycles. The second-order valence-electron chi connectivity index (χ2n) is 7.45. The maximum Gasteiger partial charge on any atom is 0.235 e. The molecule has 1 saturated carbocycles. The molecule has 2 aromatic carbocycles. The van der Waals surface area contributed by atoms with Crippen LogP contribution in [0.4, 0.5) is 11.4 Å². The number of hydrogen-bond donors (Lipinski definition) is 1. The smallest absolute Gasteiger partial charge is 0.235 e. The van der Waals surface area contributed by atoms with Gasteiger partial charge in [-0.05, 0) is 61.4 Å². The Balaban J connectivity index is 1.45. The molecule has 1 heterocycles. The summed E-state index contributed by atoms with van der Waals surface area (Å²) in [6.45, 7) is 2.41. The monoisotopic (exact) mass is 384 g/mol. The molecule has 2 unspecified atom stereocenters. The van der Waals surface area contributed by atoms with E-state index in [4.69, 9.17) is 0 Å². The molecule has 1 saturated heterocycles. The quantitative estimate of drug-likeness (QED) is 0.875. The summed E-state index contributed by atoms with van der Waals surface area (Å²) in [7, 11) is -3.23. The van der Waals surface area contributed by atoms with Crippen LogP contribution in [-0.4, -0.2) is 26.6 Å². The third-order valence-electron chi connectivity index (χ3n) is 5.44. The number of carbonyl (C=O) groups excluding carboxylic acids is 1. The van der Waals surface area contributed by atoms with Gasteiger partial charge in [0.05, 0.1) is 11.4 Å². The van der Waals surface area contributed by atoms with Crippen LogP contribution in [0.3, 0.4) is 0 Å². The Bertz CT molecular complexity index is 957. The average Bonchev–Trinajstić information content (AvgIpc) is 3.44. The summed E-state index contributed by atoms with van der Waals surface area (Å²) in [5, 5.41) is 2.99. The summed E-state index contributed by atoms with van der Waals surface area (Å²) >= 11 is 0. The first-order valence-corrected chi connectivity index (χ1v) is 11.0. The van der Waals surface area contributed by atoms with Crippen molar-refractivity contribution < 1.29 is 13.2 Å². The Labute approximate surface area is 160 Å². The highest BCUT2D eigenvalue weighted by atomic mass is 32.2. The van der Waals surface area contributed by atoms with E-state index < -0.39 is 10.0 Å². The van der Waals surface area contributed by atoms with Gasteiger partial charge < -0.3 is 5.32 Å². The zero-order chi connectivity index (χ0) is 19.0. The third kappa shape index (κ3) is 3.72. The summed E-state index contributed by atoms with van der Waals surface area (Å²) < 4.78 is 26.1. The first-order valence-electron chi connectivity index (χ1n) is 9.42. The molecule has 0 spiro atoms. The molecule has 6 heteroatoms. The van der Waals surface area contributed by atoms with Crippen LogP contribution in [0, 0.1) is 12.8 Å². The summed E-state index contributed by atoms with van der Waals surface area (Å²) in [5.74, 6) is 0.537. The fraction of sp³-hybridized carbons (Fsp3) is 0.381. The van der Waals surface area contributed by atoms with Crippen LogP contribution in [0.25, 0.3) is 0 Å². The first kappa shape index (κ1) is 18.0. The number of benzene rings is 2. The van der Waals surface area contributed by atoms with Gasteiger partial charge in [-0.15, -0.1) is 0 Å². The zero-order valence-corrected chi connectivity index (χ0v) is 16.2. The van der Waals surface area contributed by atoms with Crippen molar-refractivity contribution in [3.8, 4) is 0 Å². The van der Waals surface area contributed by atoms with Crippen molar-refractivity contribution in [2.45, 2.75) is 32.1 Å². The van der Waals surface area contributed by atoms with Gasteiger partial charge in [0.15, 0.2) is 0 Å². The zero-order valence-electron chi connectivity index (χ0n) is 15.4. The standard InChI is InChI=1S/C21H24N2O3S/c1-15-13-17(9-10-20(15)23-11-5-6-12-27(23,25)26)22-21(24)19-14-18(19)16-7-3-2-4-8-16/h2-4,7-10,13,18-19H,5-6,11-12,14H2,1H3,(H,22,24). The largest absolute Gasteiger partial charge is 0.326 e. The van der Waals surface area contributed by atoms with Gasteiger partial charge in [0.25, 0.3) is 0 Å². The molecule has 2 atom stereocenters. The molecular weight excluding hydrogens is 360 g/mol. The molecule has 2 aliphatic rings. The Hall–Kier alpha value is -2.34. The number of hydrogen-bond acceptors (Lipinski definition) is 3. The molecule has 1 amide bonds. The molecule has 4 rings (SSSR count). The van der Waals surface area contributed by atoms with E-state index in [9.17, 15) is 13.2 Å². The van der Waals surface area contributed by atoms with E-state index in [1.807, 2.05) is 31.2 Å². The van der Waals surface area contributed by atoms with Crippen LogP contribution in [0.5, 0.6) is 0 Å². The van der Waals surface area contributed by atoms with Crippen LogP contribution in [-0.2, 0) is 14.8 Å². The molecule has 142 valence electrons. The Morgan fingerprint density at radius 1 is 1.11 bits per heavy atom. The van der Waals surface area contributed by atoms with Crippen molar-refractivity contribution >= 4 is 27.3 Å². The Morgan fingerprint density at radius 3 is 2.59 bits per heavy atom. The third-order valence-corrected chi connectivity index (χ3v) is 7.29. The molecule has 2 fully saturated rings. The lowest BCUT2D eigenvalue weighted by Gasteiger charge is -2.29. The van der Waals surface area contributed by atoms with E-state index >= 15 is 0 Å². The lowest BCUT2D eigenvalue weighted by Crippen LogP contribution is -2.38. The van der Waals surface area contributed by atoms with E-state index in [0.29, 0.717) is 18.2 Å². The van der Waals surface area contributed by atoms with Crippen LogP contribution in [0.2, 0.25) is 0 Å². The molecular formula is C21H24N2O3S. The minimum Gasteiger partial charge on any atom is -0.326 e. The molecule has 27 heavy (non-hydrogen) atoms. The number of carbonyl (C=O) groups is 1. The second-order valence-corrected chi connectivity index (χ2v) is 9.46. The van der Waals surface area contributed by atoms with Gasteiger partial charge in [0.1, 0.15) is 0 Å². The van der Waals surface area contributed by atoms with Crippen molar-refractivity contribution in [1.82, 2.24) is 0 Å². The van der Waals surface area contributed by atoms with Crippen LogP contribution >= 0.6 is 0 Å². The molecule has 1 aliphatic carbocycles. The summed E-state index contributed by atoms with van der Waals surface area (Å²) in [6.07, 6.45) is 2.47. The SMILES string of the molecule is Cc1cc(NC(=O)C2CC2c2ccccc2)ccc1N1CCCCS1(=O)=O. The summed E-state index contributed by atoms with van der Waals surface area (Å²) in [4.78, 5) is 12.5. The first-order chi connectivity index (χ1) is 13.0. The topological polar surface area (TPSA) is 66.5 Å². The van der Waals surface area contributed by atoms with Crippen molar-refractivity contribution in [2.75, 3.05) is 21.9 Å². The number of rotatable bonds is 4. The van der Waals surface area contributed by atoms with Crippen molar-refractivity contribution in [2.24, 2.45) is 5.92 Å². The van der Waals surface area contributed by atoms with E-state index in [2.05, 4.69) is 17.4 Å². The average molecular weight is 385 g/mol. The second kappa shape index (κ2) is 7.00. The van der Waals surface area contributed by atoms with E-state index in [1.165, 1.54) is 9.87 Å². The number of aryl methyl sites for hydroxylation is 1. The number of nitrogens with zero attached hydrogens (tertiary/aromatic N) is 1. The predicted octanol–water partition coefficient (Wildman–Crippen LogP) is 3.67. The molecule has 2 aromatic rings. The lowest BCUT2D eigenvalue weighted by molar-refractivity contribution is -0.117. The number of nitrogens with one attached hydrogen (secondary N) is 1. The van der Waals surface area contributed by atoms with E-state index in [1.54, 1.807) is 12.1 Å². The summed E-state index contributed by atoms with van der Waals surface area (Å²) in [6, 6.07) is 15.6. The minimum atomic E-state index is -3.23. The van der Waals surface area contributed by atoms with Gasteiger partial charge >= 0.3 is 0 Å². The van der Waals surface area contributed by atoms with Gasteiger partial charge in [-0.2, -0.15) is 0 Å². The van der Waals surface area contributed by atoms with Crippen LogP contribution in [0.15, 0.2) is 48.5 Å². The van der Waals surface area contributed by atoms with Crippen molar-refractivity contribution in [3.05, 3.63) is 59.7 Å². The highest BCUT2D eigenvalue weighted by molar-refractivity contribution is 7.92. The predicted molar refractivity (Wildman–Crippen MR) is 107 cm³/mol. The van der Waals surface area contributed by atoms with E-state index in [-0.39, 0.29) is 17.6 Å².